The van der Waals surface area contributed by atoms with Gasteiger partial charge in [-0.2, -0.15) is 11.8 Å². The number of thioether (sulfide) groups is 1. The van der Waals surface area contributed by atoms with Crippen molar-refractivity contribution in [2.24, 2.45) is 0 Å². The molecule has 0 unspecified atom stereocenters. The predicted octanol–water partition coefficient (Wildman–Crippen LogP) is 3.25. The molecule has 0 heterocycles. The van der Waals surface area contributed by atoms with Gasteiger partial charge in [0, 0.05) is 42.7 Å². The minimum Gasteiger partial charge on any atom is -0.351 e. The zero-order valence-corrected chi connectivity index (χ0v) is 17.0. The van der Waals surface area contributed by atoms with Crippen LogP contribution in [0, 0.1) is 0 Å². The molecule has 0 saturated heterocycles. The van der Waals surface area contributed by atoms with Gasteiger partial charge in [0.25, 0.3) is 5.91 Å². The van der Waals surface area contributed by atoms with Gasteiger partial charge in [0.15, 0.2) is 0 Å². The molecule has 0 aromatic heterocycles. The van der Waals surface area contributed by atoms with E-state index in [0.717, 1.165) is 15.8 Å². The third kappa shape index (κ3) is 5.74. The SMILES string of the molecule is CN(C)S(=O)(=O)c1cccc(C(=O)NCCSCc2ccc(Cl)cc2)c1. The van der Waals surface area contributed by atoms with Crippen molar-refractivity contribution in [1.29, 1.82) is 0 Å². The average molecular weight is 413 g/mol. The number of benzene rings is 2. The molecule has 5 nitrogen and oxygen atoms in total. The van der Waals surface area contributed by atoms with Gasteiger partial charge in [-0.25, -0.2) is 12.7 Å². The monoisotopic (exact) mass is 412 g/mol. The highest BCUT2D eigenvalue weighted by Gasteiger charge is 2.18. The molecule has 2 rings (SSSR count). The van der Waals surface area contributed by atoms with Crippen LogP contribution < -0.4 is 5.32 Å². The smallest absolute Gasteiger partial charge is 0.251 e. The second kappa shape index (κ2) is 9.41. The molecule has 0 atom stereocenters. The molecule has 0 saturated carbocycles. The van der Waals surface area contributed by atoms with Gasteiger partial charge in [-0.15, -0.1) is 0 Å². The topological polar surface area (TPSA) is 66.5 Å². The highest BCUT2D eigenvalue weighted by molar-refractivity contribution is 7.98. The lowest BCUT2D eigenvalue weighted by atomic mass is 10.2. The Labute approximate surface area is 163 Å². The van der Waals surface area contributed by atoms with Crippen LogP contribution in [0.1, 0.15) is 15.9 Å². The highest BCUT2D eigenvalue weighted by Crippen LogP contribution is 2.16. The Bertz CT molecular complexity index is 853. The number of carbonyl (C=O) groups excluding carboxylic acids is 1. The second-order valence-corrected chi connectivity index (χ2v) is 9.44. The number of hydrogen-bond donors (Lipinski definition) is 1. The van der Waals surface area contributed by atoms with E-state index in [4.69, 9.17) is 11.6 Å². The highest BCUT2D eigenvalue weighted by atomic mass is 35.5. The molecule has 1 amide bonds. The number of halogens is 1. The molecule has 2 aromatic carbocycles. The second-order valence-electron chi connectivity index (χ2n) is 5.75. The van der Waals surface area contributed by atoms with Crippen molar-refractivity contribution >= 4 is 39.3 Å². The molecule has 26 heavy (non-hydrogen) atoms. The largest absolute Gasteiger partial charge is 0.351 e. The van der Waals surface area contributed by atoms with Crippen LogP contribution in [0.4, 0.5) is 0 Å². The zero-order chi connectivity index (χ0) is 19.2. The van der Waals surface area contributed by atoms with E-state index < -0.39 is 10.0 Å². The van der Waals surface area contributed by atoms with Crippen molar-refractivity contribution in [2.45, 2.75) is 10.6 Å². The van der Waals surface area contributed by atoms with Gasteiger partial charge < -0.3 is 5.32 Å². The third-order valence-electron chi connectivity index (χ3n) is 3.59. The molecule has 0 fully saturated rings. The number of amides is 1. The van der Waals surface area contributed by atoms with Crippen LogP contribution in [-0.4, -0.2) is 45.0 Å². The van der Waals surface area contributed by atoms with Gasteiger partial charge in [0.1, 0.15) is 0 Å². The fourth-order valence-electron chi connectivity index (χ4n) is 2.12. The number of nitrogens with one attached hydrogen (secondary N) is 1. The summed E-state index contributed by atoms with van der Waals surface area (Å²) in [5.41, 5.74) is 1.50. The molecule has 0 aliphatic heterocycles. The van der Waals surface area contributed by atoms with Gasteiger partial charge in [0.05, 0.1) is 4.90 Å². The maximum Gasteiger partial charge on any atom is 0.251 e. The first-order chi connectivity index (χ1) is 12.3. The Balaban J connectivity index is 1.83. The summed E-state index contributed by atoms with van der Waals surface area (Å²) in [5.74, 6) is 1.31. The average Bonchev–Trinajstić information content (AvgIpc) is 2.62. The Morgan fingerprint density at radius 2 is 1.85 bits per heavy atom. The van der Waals surface area contributed by atoms with Crippen LogP contribution in [0.2, 0.25) is 5.02 Å². The Morgan fingerprint density at radius 1 is 1.15 bits per heavy atom. The van der Waals surface area contributed by atoms with Gasteiger partial charge in [-0.05, 0) is 35.9 Å². The van der Waals surface area contributed by atoms with E-state index in [1.54, 1.807) is 23.9 Å². The van der Waals surface area contributed by atoms with Crippen LogP contribution in [0.5, 0.6) is 0 Å². The zero-order valence-electron chi connectivity index (χ0n) is 14.6. The lowest BCUT2D eigenvalue weighted by Crippen LogP contribution is -2.26. The minimum absolute atomic E-state index is 0.104. The third-order valence-corrected chi connectivity index (χ3v) is 6.68. The fourth-order valence-corrected chi connectivity index (χ4v) is 4.01. The maximum absolute atomic E-state index is 12.2. The van der Waals surface area contributed by atoms with E-state index in [9.17, 15) is 13.2 Å². The normalized spacial score (nSPS) is 11.5. The number of hydrogen-bond acceptors (Lipinski definition) is 4. The summed E-state index contributed by atoms with van der Waals surface area (Å²) >= 11 is 7.55. The Hall–Kier alpha value is -1.54. The first-order valence-electron chi connectivity index (χ1n) is 7.93. The molecule has 8 heteroatoms. The van der Waals surface area contributed by atoms with E-state index in [2.05, 4.69) is 5.32 Å². The lowest BCUT2D eigenvalue weighted by Gasteiger charge is -2.12. The quantitative estimate of drug-likeness (QED) is 0.676. The number of carbonyl (C=O) groups is 1. The van der Waals surface area contributed by atoms with Crippen molar-refractivity contribution < 1.29 is 13.2 Å². The van der Waals surface area contributed by atoms with Gasteiger partial charge in [-0.3, -0.25) is 4.79 Å². The van der Waals surface area contributed by atoms with E-state index >= 15 is 0 Å². The van der Waals surface area contributed by atoms with Crippen molar-refractivity contribution in [2.75, 3.05) is 26.4 Å². The standard InChI is InChI=1S/C18H21ClN2O3S2/c1-21(2)26(23,24)17-5-3-4-15(12-17)18(22)20-10-11-25-13-14-6-8-16(19)9-7-14/h3-9,12H,10-11,13H2,1-2H3,(H,20,22). The Morgan fingerprint density at radius 3 is 2.50 bits per heavy atom. The summed E-state index contributed by atoms with van der Waals surface area (Å²) in [5, 5.41) is 3.53. The van der Waals surface area contributed by atoms with Crippen molar-refractivity contribution in [3.05, 3.63) is 64.7 Å². The van der Waals surface area contributed by atoms with E-state index in [-0.39, 0.29) is 10.8 Å². The van der Waals surface area contributed by atoms with Gasteiger partial charge in [0.2, 0.25) is 10.0 Å². The van der Waals surface area contributed by atoms with Gasteiger partial charge in [-0.1, -0.05) is 29.8 Å². The van der Waals surface area contributed by atoms with Crippen molar-refractivity contribution in [3.8, 4) is 0 Å². The number of nitrogens with zero attached hydrogens (tertiary/aromatic N) is 1. The summed E-state index contributed by atoms with van der Waals surface area (Å²) in [6, 6.07) is 13.7. The van der Waals surface area contributed by atoms with Crippen LogP contribution in [0.25, 0.3) is 0 Å². The fraction of sp³-hybridized carbons (Fsp3) is 0.278. The van der Waals surface area contributed by atoms with E-state index in [1.165, 1.54) is 31.8 Å². The molecule has 0 aliphatic rings. The molecule has 0 aliphatic carbocycles. The summed E-state index contributed by atoms with van der Waals surface area (Å²) in [7, 11) is -0.639. The Kier molecular flexibility index (Phi) is 7.52. The minimum atomic E-state index is -3.56. The number of sulfonamides is 1. The molecule has 140 valence electrons. The summed E-state index contributed by atoms with van der Waals surface area (Å²) in [4.78, 5) is 12.3. The molecule has 1 N–H and O–H groups in total. The summed E-state index contributed by atoms with van der Waals surface area (Å²) < 4.78 is 25.4. The molecular formula is C18H21ClN2O3S2. The molecular weight excluding hydrogens is 392 g/mol. The molecule has 0 bridgehead atoms. The van der Waals surface area contributed by atoms with E-state index in [0.29, 0.717) is 17.1 Å². The van der Waals surface area contributed by atoms with Crippen LogP contribution in [0.3, 0.4) is 0 Å². The molecule has 0 spiro atoms. The van der Waals surface area contributed by atoms with Crippen LogP contribution in [0.15, 0.2) is 53.4 Å². The van der Waals surface area contributed by atoms with Crippen LogP contribution in [-0.2, 0) is 15.8 Å². The first kappa shape index (κ1) is 20.8. The van der Waals surface area contributed by atoms with Crippen molar-refractivity contribution in [3.63, 3.8) is 0 Å². The lowest BCUT2D eigenvalue weighted by molar-refractivity contribution is 0.0956. The molecule has 0 radical (unpaired) electrons. The van der Waals surface area contributed by atoms with Gasteiger partial charge >= 0.3 is 0 Å². The van der Waals surface area contributed by atoms with Crippen molar-refractivity contribution in [1.82, 2.24) is 9.62 Å². The maximum atomic E-state index is 12.2. The summed E-state index contributed by atoms with van der Waals surface area (Å²) in [6.45, 7) is 0.502. The van der Waals surface area contributed by atoms with Crippen LogP contribution >= 0.6 is 23.4 Å². The van der Waals surface area contributed by atoms with E-state index in [1.807, 2.05) is 24.3 Å². The summed E-state index contributed by atoms with van der Waals surface area (Å²) in [6.07, 6.45) is 0. The predicted molar refractivity (Wildman–Crippen MR) is 107 cm³/mol. The molecule has 2 aromatic rings. The first-order valence-corrected chi connectivity index (χ1v) is 10.9. The number of rotatable bonds is 8.